The molecule has 0 atom stereocenters. The molecule has 1 N–H and O–H groups in total. The third kappa shape index (κ3) is 4.26. The van der Waals surface area contributed by atoms with Crippen LogP contribution in [-0.2, 0) is 4.79 Å². The number of hydrogen-bond acceptors (Lipinski definition) is 2. The van der Waals surface area contributed by atoms with Crippen LogP contribution < -0.4 is 10.1 Å². The Kier molecular flexibility index (Phi) is 5.45. The summed E-state index contributed by atoms with van der Waals surface area (Å²) in [7, 11) is 0. The van der Waals surface area contributed by atoms with Gasteiger partial charge in [0.15, 0.2) is 0 Å². The molecule has 0 saturated heterocycles. The summed E-state index contributed by atoms with van der Waals surface area (Å²) in [5.41, 5.74) is 2.42. The van der Waals surface area contributed by atoms with E-state index in [0.717, 1.165) is 25.0 Å². The van der Waals surface area contributed by atoms with Crippen LogP contribution in [0.1, 0.15) is 49.7 Å². The molecule has 1 aromatic rings. The third-order valence-electron chi connectivity index (χ3n) is 4.08. The van der Waals surface area contributed by atoms with E-state index in [1.54, 1.807) is 0 Å². The minimum absolute atomic E-state index is 0.168. The smallest absolute Gasteiger partial charge is 0.220 e. The normalized spacial score (nSPS) is 15.3. The van der Waals surface area contributed by atoms with Crippen LogP contribution in [0, 0.1) is 13.8 Å². The maximum atomic E-state index is 11.8. The molecule has 1 aliphatic carbocycles. The van der Waals surface area contributed by atoms with Crippen LogP contribution in [0.15, 0.2) is 18.2 Å². The van der Waals surface area contributed by atoms with E-state index in [2.05, 4.69) is 25.2 Å². The molecule has 1 aromatic carbocycles. The van der Waals surface area contributed by atoms with Gasteiger partial charge in [-0.15, -0.1) is 0 Å². The zero-order valence-corrected chi connectivity index (χ0v) is 12.6. The molecule has 0 aromatic heterocycles. The predicted octanol–water partition coefficient (Wildman–Crippen LogP) is 3.52. The second-order valence-electron chi connectivity index (χ2n) is 5.70. The first-order chi connectivity index (χ1) is 9.66. The molecule has 1 fully saturated rings. The summed E-state index contributed by atoms with van der Waals surface area (Å²) in [4.78, 5) is 11.8. The summed E-state index contributed by atoms with van der Waals surface area (Å²) >= 11 is 0. The van der Waals surface area contributed by atoms with Crippen molar-refractivity contribution in [2.24, 2.45) is 0 Å². The van der Waals surface area contributed by atoms with Crippen LogP contribution in [-0.4, -0.2) is 18.6 Å². The van der Waals surface area contributed by atoms with Gasteiger partial charge < -0.3 is 10.1 Å². The van der Waals surface area contributed by atoms with Gasteiger partial charge in [0.1, 0.15) is 5.75 Å². The van der Waals surface area contributed by atoms with Gasteiger partial charge in [0.2, 0.25) is 5.91 Å². The van der Waals surface area contributed by atoms with E-state index in [1.807, 2.05) is 12.1 Å². The lowest BCUT2D eigenvalue weighted by Gasteiger charge is -2.13. The molecule has 0 spiro atoms. The van der Waals surface area contributed by atoms with Gasteiger partial charge in [-0.2, -0.15) is 0 Å². The predicted molar refractivity (Wildman–Crippen MR) is 81.0 cm³/mol. The molecule has 3 heteroatoms. The van der Waals surface area contributed by atoms with Crippen molar-refractivity contribution in [1.29, 1.82) is 0 Å². The Labute approximate surface area is 121 Å². The molecule has 3 nitrogen and oxygen atoms in total. The van der Waals surface area contributed by atoms with E-state index in [-0.39, 0.29) is 5.91 Å². The molecule has 20 heavy (non-hydrogen) atoms. The number of amides is 1. The Balaban J connectivity index is 1.65. The quantitative estimate of drug-likeness (QED) is 0.807. The zero-order chi connectivity index (χ0) is 14.4. The highest BCUT2D eigenvalue weighted by Crippen LogP contribution is 2.21. The average molecular weight is 275 g/mol. The highest BCUT2D eigenvalue weighted by atomic mass is 16.5. The van der Waals surface area contributed by atoms with Gasteiger partial charge in [0, 0.05) is 12.5 Å². The maximum absolute atomic E-state index is 11.8. The van der Waals surface area contributed by atoms with Crippen molar-refractivity contribution >= 4 is 5.91 Å². The molecular formula is C17H25NO2. The van der Waals surface area contributed by atoms with Gasteiger partial charge in [0.25, 0.3) is 0 Å². The molecule has 0 bridgehead atoms. The lowest BCUT2D eigenvalue weighted by atomic mass is 10.1. The van der Waals surface area contributed by atoms with Crippen LogP contribution in [0.4, 0.5) is 0 Å². The van der Waals surface area contributed by atoms with Crippen LogP contribution in [0.5, 0.6) is 5.75 Å². The van der Waals surface area contributed by atoms with Crippen molar-refractivity contribution in [2.75, 3.05) is 6.61 Å². The van der Waals surface area contributed by atoms with Gasteiger partial charge in [-0.3, -0.25) is 4.79 Å². The van der Waals surface area contributed by atoms with Gasteiger partial charge >= 0.3 is 0 Å². The van der Waals surface area contributed by atoms with Gasteiger partial charge in [0.05, 0.1) is 6.61 Å². The molecule has 0 heterocycles. The summed E-state index contributed by atoms with van der Waals surface area (Å²) in [5.74, 6) is 1.10. The summed E-state index contributed by atoms with van der Waals surface area (Å²) < 4.78 is 5.76. The minimum atomic E-state index is 0.168. The molecule has 110 valence electrons. The topological polar surface area (TPSA) is 38.3 Å². The number of carbonyl (C=O) groups excluding carboxylic acids is 1. The van der Waals surface area contributed by atoms with E-state index in [1.165, 1.54) is 24.0 Å². The Hall–Kier alpha value is -1.51. The first-order valence-corrected chi connectivity index (χ1v) is 7.65. The number of aryl methyl sites for hydroxylation is 1. The van der Waals surface area contributed by atoms with E-state index in [0.29, 0.717) is 19.1 Å². The monoisotopic (exact) mass is 275 g/mol. The molecule has 1 aliphatic rings. The number of nitrogens with one attached hydrogen (secondary N) is 1. The minimum Gasteiger partial charge on any atom is -0.493 e. The fourth-order valence-electron chi connectivity index (χ4n) is 2.67. The summed E-state index contributed by atoms with van der Waals surface area (Å²) in [6, 6.07) is 6.49. The Morgan fingerprint density at radius 3 is 2.80 bits per heavy atom. The summed E-state index contributed by atoms with van der Waals surface area (Å²) in [5, 5.41) is 3.10. The molecule has 2 rings (SSSR count). The molecule has 1 saturated carbocycles. The zero-order valence-electron chi connectivity index (χ0n) is 12.6. The van der Waals surface area contributed by atoms with E-state index < -0.39 is 0 Å². The first kappa shape index (κ1) is 14.9. The summed E-state index contributed by atoms with van der Waals surface area (Å²) in [6.07, 6.45) is 6.12. The number of benzene rings is 1. The fraction of sp³-hybridized carbons (Fsp3) is 0.588. The largest absolute Gasteiger partial charge is 0.493 e. The van der Waals surface area contributed by atoms with Crippen LogP contribution in [0.3, 0.4) is 0 Å². The first-order valence-electron chi connectivity index (χ1n) is 7.65. The number of hydrogen-bond donors (Lipinski definition) is 1. The lowest BCUT2D eigenvalue weighted by molar-refractivity contribution is -0.122. The number of ether oxygens (including phenoxy) is 1. The van der Waals surface area contributed by atoms with Crippen molar-refractivity contribution in [3.8, 4) is 5.75 Å². The Morgan fingerprint density at radius 1 is 1.30 bits per heavy atom. The second-order valence-corrected chi connectivity index (χ2v) is 5.70. The van der Waals surface area contributed by atoms with E-state index >= 15 is 0 Å². The fourth-order valence-corrected chi connectivity index (χ4v) is 2.67. The third-order valence-corrected chi connectivity index (χ3v) is 4.08. The van der Waals surface area contributed by atoms with E-state index in [9.17, 15) is 4.79 Å². The van der Waals surface area contributed by atoms with Crippen molar-refractivity contribution in [2.45, 2.75) is 58.4 Å². The molecule has 1 amide bonds. The molecule has 0 radical (unpaired) electrons. The molecule has 0 aliphatic heterocycles. The van der Waals surface area contributed by atoms with Crippen LogP contribution >= 0.6 is 0 Å². The highest BCUT2D eigenvalue weighted by molar-refractivity contribution is 5.76. The summed E-state index contributed by atoms with van der Waals surface area (Å²) in [6.45, 7) is 4.75. The van der Waals surface area contributed by atoms with Gasteiger partial charge in [-0.1, -0.05) is 25.0 Å². The van der Waals surface area contributed by atoms with Gasteiger partial charge in [-0.25, -0.2) is 0 Å². The van der Waals surface area contributed by atoms with Gasteiger partial charge in [-0.05, 0) is 50.3 Å². The van der Waals surface area contributed by atoms with Crippen LogP contribution in [0.2, 0.25) is 0 Å². The maximum Gasteiger partial charge on any atom is 0.220 e. The molecular weight excluding hydrogens is 250 g/mol. The van der Waals surface area contributed by atoms with E-state index in [4.69, 9.17) is 4.74 Å². The SMILES string of the molecule is Cc1cccc(OCCCC(=O)NC2CCCC2)c1C. The van der Waals surface area contributed by atoms with Crippen molar-refractivity contribution < 1.29 is 9.53 Å². The van der Waals surface area contributed by atoms with Crippen molar-refractivity contribution in [3.63, 3.8) is 0 Å². The number of carbonyl (C=O) groups is 1. The average Bonchev–Trinajstić information content (AvgIpc) is 2.92. The molecule has 0 unspecified atom stereocenters. The number of rotatable bonds is 6. The Bertz CT molecular complexity index is 450. The Morgan fingerprint density at radius 2 is 2.05 bits per heavy atom. The standard InChI is InChI=1S/C17H25NO2/c1-13-7-5-10-16(14(13)2)20-12-6-11-17(19)18-15-8-3-4-9-15/h5,7,10,15H,3-4,6,8-9,11-12H2,1-2H3,(H,18,19). The highest BCUT2D eigenvalue weighted by Gasteiger charge is 2.16. The van der Waals surface area contributed by atoms with Crippen molar-refractivity contribution in [1.82, 2.24) is 5.32 Å². The van der Waals surface area contributed by atoms with Crippen LogP contribution in [0.25, 0.3) is 0 Å². The second kappa shape index (κ2) is 7.32. The lowest BCUT2D eigenvalue weighted by Crippen LogP contribution is -2.32. The van der Waals surface area contributed by atoms with Crippen molar-refractivity contribution in [3.05, 3.63) is 29.3 Å².